The second kappa shape index (κ2) is 4.99. The number of hydrogen-bond acceptors (Lipinski definition) is 3. The van der Waals surface area contributed by atoms with Crippen LogP contribution in [0.15, 0.2) is 23.4 Å². The highest BCUT2D eigenvalue weighted by molar-refractivity contribution is 5.99. The molecule has 0 aliphatic rings. The molecule has 0 fully saturated rings. The van der Waals surface area contributed by atoms with Crippen molar-refractivity contribution >= 4 is 5.84 Å². The molecule has 0 saturated heterocycles. The molecule has 0 unspecified atom stereocenters. The Bertz CT molecular complexity index is 491. The molecule has 1 aromatic rings. The minimum Gasteiger partial charge on any atom is -0.488 e. The van der Waals surface area contributed by atoms with E-state index in [0.29, 0.717) is 0 Å². The smallest absolute Gasteiger partial charge is 0.417 e. The standard InChI is InChI=1S/C12H15F3N2O2/c1-11(2,3)19-7-4-5-9(12(13,14)15)8(6-7)10(16)17-18/h4-6,18H,1-3H3,(H2,16,17). The van der Waals surface area contributed by atoms with E-state index in [9.17, 15) is 13.2 Å². The van der Waals surface area contributed by atoms with E-state index in [1.165, 1.54) is 6.07 Å². The average Bonchev–Trinajstić information content (AvgIpc) is 2.24. The molecule has 106 valence electrons. The van der Waals surface area contributed by atoms with E-state index in [1.807, 2.05) is 0 Å². The van der Waals surface area contributed by atoms with Gasteiger partial charge in [0.2, 0.25) is 0 Å². The number of hydrogen-bond donors (Lipinski definition) is 2. The van der Waals surface area contributed by atoms with Crippen LogP contribution >= 0.6 is 0 Å². The minimum absolute atomic E-state index is 0.210. The predicted octanol–water partition coefficient (Wildman–Crippen LogP) is 2.98. The predicted molar refractivity (Wildman–Crippen MR) is 64.3 cm³/mol. The number of ether oxygens (including phenoxy) is 1. The first-order valence-electron chi connectivity index (χ1n) is 5.43. The van der Waals surface area contributed by atoms with Crippen LogP contribution in [-0.4, -0.2) is 16.6 Å². The van der Waals surface area contributed by atoms with Crippen LogP contribution in [0, 0.1) is 0 Å². The Morgan fingerprint density at radius 3 is 2.26 bits per heavy atom. The van der Waals surface area contributed by atoms with Crippen LogP contribution < -0.4 is 10.5 Å². The molecule has 0 heterocycles. The zero-order chi connectivity index (χ0) is 14.8. The van der Waals surface area contributed by atoms with Gasteiger partial charge in [-0.2, -0.15) is 13.2 Å². The number of oxime groups is 1. The molecule has 0 radical (unpaired) electrons. The van der Waals surface area contributed by atoms with Crippen LogP contribution in [0.25, 0.3) is 0 Å². The van der Waals surface area contributed by atoms with Crippen molar-refractivity contribution in [3.8, 4) is 5.75 Å². The van der Waals surface area contributed by atoms with E-state index in [0.717, 1.165) is 12.1 Å². The molecule has 3 N–H and O–H groups in total. The summed E-state index contributed by atoms with van der Waals surface area (Å²) in [5.74, 6) is -0.409. The molecule has 0 aliphatic carbocycles. The molecular weight excluding hydrogens is 261 g/mol. The summed E-state index contributed by atoms with van der Waals surface area (Å²) >= 11 is 0. The number of nitrogens with two attached hydrogens (primary N) is 1. The van der Waals surface area contributed by atoms with Gasteiger partial charge in [0.15, 0.2) is 5.84 Å². The van der Waals surface area contributed by atoms with E-state index >= 15 is 0 Å². The molecule has 0 amide bonds. The van der Waals surface area contributed by atoms with Crippen LogP contribution in [0.1, 0.15) is 31.9 Å². The van der Waals surface area contributed by atoms with Gasteiger partial charge in [0.25, 0.3) is 0 Å². The van der Waals surface area contributed by atoms with Crippen molar-refractivity contribution in [2.75, 3.05) is 0 Å². The van der Waals surface area contributed by atoms with Crippen LogP contribution in [0.2, 0.25) is 0 Å². The maximum absolute atomic E-state index is 12.8. The molecule has 1 rings (SSSR count). The number of rotatable bonds is 2. The molecule has 0 aliphatic heterocycles. The summed E-state index contributed by atoms with van der Waals surface area (Å²) in [5, 5.41) is 11.2. The molecule has 1 aromatic carbocycles. The second-order valence-electron chi connectivity index (χ2n) is 4.90. The normalized spacial score (nSPS) is 13.5. The van der Waals surface area contributed by atoms with E-state index in [2.05, 4.69) is 5.16 Å². The molecule has 0 spiro atoms. The van der Waals surface area contributed by atoms with Gasteiger partial charge in [-0.25, -0.2) is 0 Å². The number of amidine groups is 1. The van der Waals surface area contributed by atoms with Gasteiger partial charge in [0.05, 0.1) is 5.56 Å². The van der Waals surface area contributed by atoms with Crippen LogP contribution in [-0.2, 0) is 6.18 Å². The summed E-state index contributed by atoms with van der Waals surface area (Å²) < 4.78 is 43.8. The van der Waals surface area contributed by atoms with Crippen molar-refractivity contribution in [1.29, 1.82) is 0 Å². The highest BCUT2D eigenvalue weighted by Gasteiger charge is 2.34. The van der Waals surface area contributed by atoms with Crippen molar-refractivity contribution in [3.05, 3.63) is 29.3 Å². The van der Waals surface area contributed by atoms with Gasteiger partial charge in [-0.05, 0) is 39.0 Å². The summed E-state index contributed by atoms with van der Waals surface area (Å²) in [7, 11) is 0. The molecule has 0 atom stereocenters. The van der Waals surface area contributed by atoms with Crippen molar-refractivity contribution in [2.45, 2.75) is 32.5 Å². The van der Waals surface area contributed by atoms with E-state index in [-0.39, 0.29) is 5.75 Å². The fourth-order valence-corrected chi connectivity index (χ4v) is 1.45. The second-order valence-corrected chi connectivity index (χ2v) is 4.90. The summed E-state index contributed by atoms with van der Waals surface area (Å²) in [6.07, 6.45) is -4.59. The Balaban J connectivity index is 3.32. The first-order chi connectivity index (χ1) is 8.54. The number of benzene rings is 1. The lowest BCUT2D eigenvalue weighted by atomic mass is 10.1. The van der Waals surface area contributed by atoms with Gasteiger partial charge in [-0.3, -0.25) is 0 Å². The third-order valence-corrected chi connectivity index (χ3v) is 2.10. The summed E-state index contributed by atoms with van der Waals surface area (Å²) in [5.41, 5.74) is 3.30. The fourth-order valence-electron chi connectivity index (χ4n) is 1.45. The van der Waals surface area contributed by atoms with E-state index < -0.39 is 28.7 Å². The lowest BCUT2D eigenvalue weighted by molar-refractivity contribution is -0.137. The van der Waals surface area contributed by atoms with Crippen LogP contribution in [0.3, 0.4) is 0 Å². The topological polar surface area (TPSA) is 67.8 Å². The van der Waals surface area contributed by atoms with Crippen LogP contribution in [0.4, 0.5) is 13.2 Å². The SMILES string of the molecule is CC(C)(C)Oc1ccc(C(F)(F)F)c(/C(N)=N/O)c1. The van der Waals surface area contributed by atoms with E-state index in [4.69, 9.17) is 15.7 Å². The number of nitrogens with zero attached hydrogens (tertiary/aromatic N) is 1. The lowest BCUT2D eigenvalue weighted by Gasteiger charge is -2.22. The van der Waals surface area contributed by atoms with Gasteiger partial charge in [-0.1, -0.05) is 5.16 Å². The van der Waals surface area contributed by atoms with Gasteiger partial charge in [0, 0.05) is 5.56 Å². The monoisotopic (exact) mass is 276 g/mol. The largest absolute Gasteiger partial charge is 0.488 e. The number of alkyl halides is 3. The third kappa shape index (κ3) is 4.04. The van der Waals surface area contributed by atoms with Crippen LogP contribution in [0.5, 0.6) is 5.75 Å². The third-order valence-electron chi connectivity index (χ3n) is 2.10. The summed E-state index contributed by atoms with van der Waals surface area (Å²) in [6.45, 7) is 5.27. The Morgan fingerprint density at radius 2 is 1.84 bits per heavy atom. The molecule has 7 heteroatoms. The van der Waals surface area contributed by atoms with Gasteiger partial charge in [-0.15, -0.1) is 0 Å². The summed E-state index contributed by atoms with van der Waals surface area (Å²) in [6, 6.07) is 3.14. The minimum atomic E-state index is -4.59. The molecule has 4 nitrogen and oxygen atoms in total. The Hall–Kier alpha value is -1.92. The Morgan fingerprint density at radius 1 is 1.26 bits per heavy atom. The van der Waals surface area contributed by atoms with E-state index in [1.54, 1.807) is 20.8 Å². The zero-order valence-electron chi connectivity index (χ0n) is 10.7. The van der Waals surface area contributed by atoms with Gasteiger partial charge in [0.1, 0.15) is 11.4 Å². The summed E-state index contributed by atoms with van der Waals surface area (Å²) in [4.78, 5) is 0. The van der Waals surface area contributed by atoms with Crippen molar-refractivity contribution in [1.82, 2.24) is 0 Å². The fraction of sp³-hybridized carbons (Fsp3) is 0.417. The number of halogens is 3. The molecule has 19 heavy (non-hydrogen) atoms. The molecule has 0 saturated carbocycles. The van der Waals surface area contributed by atoms with Crippen molar-refractivity contribution in [2.24, 2.45) is 10.9 Å². The first kappa shape index (κ1) is 15.1. The zero-order valence-corrected chi connectivity index (χ0v) is 10.7. The van der Waals surface area contributed by atoms with Crippen molar-refractivity contribution < 1.29 is 23.1 Å². The lowest BCUT2D eigenvalue weighted by Crippen LogP contribution is -2.24. The quantitative estimate of drug-likeness (QED) is 0.377. The highest BCUT2D eigenvalue weighted by Crippen LogP contribution is 2.34. The van der Waals surface area contributed by atoms with Gasteiger partial charge >= 0.3 is 6.18 Å². The average molecular weight is 276 g/mol. The Labute approximate surface area is 108 Å². The molecular formula is C12H15F3N2O2. The van der Waals surface area contributed by atoms with Crippen molar-refractivity contribution in [3.63, 3.8) is 0 Å². The molecule has 0 aromatic heterocycles. The Kier molecular flexibility index (Phi) is 3.97. The molecule has 0 bridgehead atoms. The first-order valence-corrected chi connectivity index (χ1v) is 5.43. The maximum Gasteiger partial charge on any atom is 0.417 e. The van der Waals surface area contributed by atoms with Gasteiger partial charge < -0.3 is 15.7 Å². The maximum atomic E-state index is 12.8. The highest BCUT2D eigenvalue weighted by atomic mass is 19.4.